The first kappa shape index (κ1) is 16.9. The number of ether oxygens (including phenoxy) is 3. The van der Waals surface area contributed by atoms with Crippen LogP contribution in [0, 0.1) is 0 Å². The molecule has 2 rings (SSSR count). The molecule has 0 spiro atoms. The summed E-state index contributed by atoms with van der Waals surface area (Å²) in [5.41, 5.74) is 0.917. The van der Waals surface area contributed by atoms with Crippen molar-refractivity contribution in [2.24, 2.45) is 0 Å². The number of carbonyl (C=O) groups is 1. The maximum atomic E-state index is 12.1. The van der Waals surface area contributed by atoms with Gasteiger partial charge < -0.3 is 24.2 Å². The molecule has 1 heterocycles. The number of rotatable bonds is 8. The van der Waals surface area contributed by atoms with Gasteiger partial charge in [0.15, 0.2) is 0 Å². The molecule has 1 amide bonds. The fourth-order valence-electron chi connectivity index (χ4n) is 2.32. The molecule has 0 radical (unpaired) electrons. The van der Waals surface area contributed by atoms with Gasteiger partial charge in [0.1, 0.15) is 16.9 Å². The Morgan fingerprint density at radius 1 is 1.32 bits per heavy atom. The van der Waals surface area contributed by atoms with E-state index in [0.29, 0.717) is 18.9 Å². The van der Waals surface area contributed by atoms with Crippen LogP contribution < -0.4 is 9.47 Å². The summed E-state index contributed by atoms with van der Waals surface area (Å²) in [6, 6.07) is 5.58. The maximum Gasteiger partial charge on any atom is 0.233 e. The van der Waals surface area contributed by atoms with Gasteiger partial charge in [0.05, 0.1) is 39.8 Å². The lowest BCUT2D eigenvalue weighted by Gasteiger charge is -2.25. The van der Waals surface area contributed by atoms with Gasteiger partial charge in [0.25, 0.3) is 0 Å². The molecular formula is C15H21NO5S. The van der Waals surface area contributed by atoms with Gasteiger partial charge in [-0.3, -0.25) is 4.79 Å². The second-order valence-electron chi connectivity index (χ2n) is 4.69. The van der Waals surface area contributed by atoms with Crippen molar-refractivity contribution in [1.29, 1.82) is 0 Å². The monoisotopic (exact) mass is 327 g/mol. The largest absolute Gasteiger partial charge is 0.497 e. The molecule has 22 heavy (non-hydrogen) atoms. The van der Waals surface area contributed by atoms with Gasteiger partial charge in [-0.2, -0.15) is 0 Å². The molecule has 1 fully saturated rings. The third kappa shape index (κ3) is 3.85. The second kappa shape index (κ2) is 8.26. The second-order valence-corrected chi connectivity index (χ2v) is 5.76. The highest BCUT2D eigenvalue weighted by atomic mass is 32.2. The first-order valence-corrected chi connectivity index (χ1v) is 8.07. The molecule has 0 aromatic heterocycles. The van der Waals surface area contributed by atoms with Gasteiger partial charge in [-0.05, 0) is 18.2 Å². The Morgan fingerprint density at radius 3 is 2.82 bits per heavy atom. The molecule has 1 aliphatic rings. The SMILES string of the molecule is COc1ccc(OC)c(C2SCC(=O)N2CCOCCO)c1. The van der Waals surface area contributed by atoms with E-state index in [1.54, 1.807) is 30.9 Å². The van der Waals surface area contributed by atoms with Crippen LogP contribution in [-0.4, -0.2) is 62.3 Å². The summed E-state index contributed by atoms with van der Waals surface area (Å²) in [6.45, 7) is 1.14. The minimum Gasteiger partial charge on any atom is -0.497 e. The lowest BCUT2D eigenvalue weighted by Crippen LogP contribution is -2.32. The zero-order valence-corrected chi connectivity index (χ0v) is 13.6. The lowest BCUT2D eigenvalue weighted by atomic mass is 10.1. The topological polar surface area (TPSA) is 68.2 Å². The fourth-order valence-corrected chi connectivity index (χ4v) is 3.55. The minimum atomic E-state index is -0.115. The smallest absolute Gasteiger partial charge is 0.233 e. The van der Waals surface area contributed by atoms with Crippen molar-refractivity contribution in [3.8, 4) is 11.5 Å². The molecule has 6 nitrogen and oxygen atoms in total. The number of methoxy groups -OCH3 is 2. The van der Waals surface area contributed by atoms with E-state index in [4.69, 9.17) is 19.3 Å². The molecule has 1 aromatic carbocycles. The molecular weight excluding hydrogens is 306 g/mol. The van der Waals surface area contributed by atoms with Crippen molar-refractivity contribution in [1.82, 2.24) is 4.90 Å². The third-order valence-corrected chi connectivity index (χ3v) is 4.62. The molecule has 122 valence electrons. The van der Waals surface area contributed by atoms with Gasteiger partial charge in [0.2, 0.25) is 5.91 Å². The summed E-state index contributed by atoms with van der Waals surface area (Å²) in [5.74, 6) is 1.97. The first-order chi connectivity index (χ1) is 10.7. The average Bonchev–Trinajstić information content (AvgIpc) is 2.91. The number of benzene rings is 1. The van der Waals surface area contributed by atoms with E-state index in [2.05, 4.69) is 0 Å². The number of hydrogen-bond acceptors (Lipinski definition) is 6. The summed E-state index contributed by atoms with van der Waals surface area (Å²) in [4.78, 5) is 13.9. The highest BCUT2D eigenvalue weighted by molar-refractivity contribution is 8.00. The standard InChI is InChI=1S/C15H21NO5S/c1-19-11-3-4-13(20-2)12(9-11)15-16(14(18)10-22-15)5-7-21-8-6-17/h3-4,9,15,17H,5-8,10H2,1-2H3. The Hall–Kier alpha value is -1.44. The predicted octanol–water partition coefficient (Wildman–Crippen LogP) is 1.29. The van der Waals surface area contributed by atoms with Gasteiger partial charge in [-0.15, -0.1) is 11.8 Å². The van der Waals surface area contributed by atoms with E-state index >= 15 is 0 Å². The summed E-state index contributed by atoms with van der Waals surface area (Å²) < 4.78 is 16.0. The quantitative estimate of drug-likeness (QED) is 0.726. The van der Waals surface area contributed by atoms with Crippen LogP contribution in [-0.2, 0) is 9.53 Å². The van der Waals surface area contributed by atoms with Crippen molar-refractivity contribution < 1.29 is 24.1 Å². The van der Waals surface area contributed by atoms with Crippen LogP contribution in [0.25, 0.3) is 0 Å². The van der Waals surface area contributed by atoms with Crippen LogP contribution in [0.2, 0.25) is 0 Å². The molecule has 1 N–H and O–H groups in total. The van der Waals surface area contributed by atoms with Crippen LogP contribution >= 0.6 is 11.8 Å². The lowest BCUT2D eigenvalue weighted by molar-refractivity contribution is -0.128. The number of carbonyl (C=O) groups excluding carboxylic acids is 1. The van der Waals surface area contributed by atoms with Crippen LogP contribution in [0.5, 0.6) is 11.5 Å². The van der Waals surface area contributed by atoms with Crippen molar-refractivity contribution in [3.05, 3.63) is 23.8 Å². The zero-order chi connectivity index (χ0) is 15.9. The Labute approximate surface area is 134 Å². The summed E-state index contributed by atoms with van der Waals surface area (Å²) in [5, 5.41) is 8.61. The fraction of sp³-hybridized carbons (Fsp3) is 0.533. The van der Waals surface area contributed by atoms with E-state index in [1.807, 2.05) is 18.2 Å². The number of aliphatic hydroxyl groups excluding tert-OH is 1. The van der Waals surface area contributed by atoms with Crippen molar-refractivity contribution >= 4 is 17.7 Å². The average molecular weight is 327 g/mol. The number of nitrogens with zero attached hydrogens (tertiary/aromatic N) is 1. The Bertz CT molecular complexity index is 511. The number of hydrogen-bond donors (Lipinski definition) is 1. The normalized spacial score (nSPS) is 17.9. The van der Waals surface area contributed by atoms with E-state index in [9.17, 15) is 4.79 Å². The van der Waals surface area contributed by atoms with Crippen LogP contribution in [0.4, 0.5) is 0 Å². The molecule has 0 bridgehead atoms. The van der Waals surface area contributed by atoms with E-state index in [-0.39, 0.29) is 24.5 Å². The molecule has 1 aromatic rings. The predicted molar refractivity (Wildman–Crippen MR) is 84.4 cm³/mol. The van der Waals surface area contributed by atoms with E-state index < -0.39 is 0 Å². The molecule has 7 heteroatoms. The molecule has 1 unspecified atom stereocenters. The number of thioether (sulfide) groups is 1. The highest BCUT2D eigenvalue weighted by Gasteiger charge is 2.34. The van der Waals surface area contributed by atoms with Gasteiger partial charge in [-0.25, -0.2) is 0 Å². The number of aliphatic hydroxyl groups is 1. The summed E-state index contributed by atoms with van der Waals surface area (Å²) in [6.07, 6.45) is 0. The van der Waals surface area contributed by atoms with Gasteiger partial charge in [0, 0.05) is 12.1 Å². The molecule has 0 saturated carbocycles. The van der Waals surface area contributed by atoms with Gasteiger partial charge in [-0.1, -0.05) is 0 Å². The molecule has 0 aliphatic carbocycles. The summed E-state index contributed by atoms with van der Waals surface area (Å²) in [7, 11) is 3.22. The minimum absolute atomic E-state index is 0.0180. The van der Waals surface area contributed by atoms with Crippen molar-refractivity contribution in [2.75, 3.05) is 46.3 Å². The first-order valence-electron chi connectivity index (χ1n) is 7.03. The Morgan fingerprint density at radius 2 is 2.14 bits per heavy atom. The van der Waals surface area contributed by atoms with Gasteiger partial charge >= 0.3 is 0 Å². The third-order valence-electron chi connectivity index (χ3n) is 3.38. The molecule has 1 saturated heterocycles. The zero-order valence-electron chi connectivity index (χ0n) is 12.8. The van der Waals surface area contributed by atoms with Crippen molar-refractivity contribution in [3.63, 3.8) is 0 Å². The highest BCUT2D eigenvalue weighted by Crippen LogP contribution is 2.43. The molecule has 1 aliphatic heterocycles. The van der Waals surface area contributed by atoms with Crippen molar-refractivity contribution in [2.45, 2.75) is 5.37 Å². The maximum absolute atomic E-state index is 12.1. The number of amides is 1. The Kier molecular flexibility index (Phi) is 6.35. The van der Waals surface area contributed by atoms with Crippen LogP contribution in [0.15, 0.2) is 18.2 Å². The Balaban J connectivity index is 2.16. The summed E-state index contributed by atoms with van der Waals surface area (Å²) >= 11 is 1.56. The molecule has 1 atom stereocenters. The van der Waals surface area contributed by atoms with Crippen LogP contribution in [0.3, 0.4) is 0 Å². The van der Waals surface area contributed by atoms with E-state index in [1.165, 1.54) is 0 Å². The van der Waals surface area contributed by atoms with E-state index in [0.717, 1.165) is 17.1 Å². The van der Waals surface area contributed by atoms with Crippen LogP contribution in [0.1, 0.15) is 10.9 Å².